The van der Waals surface area contributed by atoms with Gasteiger partial charge < -0.3 is 14.7 Å². The molecule has 1 N–H and O–H groups in total. The summed E-state index contributed by atoms with van der Waals surface area (Å²) in [5.74, 6) is 1.41. The van der Waals surface area contributed by atoms with Crippen molar-refractivity contribution in [2.45, 2.75) is 57.5 Å². The maximum absolute atomic E-state index is 12.3. The molecule has 0 saturated carbocycles. The van der Waals surface area contributed by atoms with Gasteiger partial charge in [-0.25, -0.2) is 0 Å². The summed E-state index contributed by atoms with van der Waals surface area (Å²) in [6.45, 7) is 7.62. The third kappa shape index (κ3) is 6.23. The fourth-order valence-corrected chi connectivity index (χ4v) is 4.53. The van der Waals surface area contributed by atoms with Gasteiger partial charge in [0.1, 0.15) is 5.75 Å². The van der Waals surface area contributed by atoms with Crippen LogP contribution in [0.15, 0.2) is 54.6 Å². The van der Waals surface area contributed by atoms with E-state index in [4.69, 9.17) is 4.74 Å². The lowest BCUT2D eigenvalue weighted by Crippen LogP contribution is -2.43. The fraction of sp³-hybridized carbons (Fsp3) is 0.538. The average molecular weight is 432 g/mol. The number of rotatable bonds is 9. The summed E-state index contributed by atoms with van der Waals surface area (Å²) in [4.78, 5) is 2.55. The smallest absolute Gasteiger partial charge is 0.118 e. The summed E-state index contributed by atoms with van der Waals surface area (Å²) in [6.07, 6.45) is 5.59. The summed E-state index contributed by atoms with van der Waals surface area (Å²) >= 11 is 0. The van der Waals surface area contributed by atoms with Crippen LogP contribution < -0.4 is 4.74 Å². The van der Waals surface area contributed by atoms with Crippen LogP contribution in [0, 0.1) is 5.92 Å². The monoisotopic (exact) mass is 431 g/mol. The SMILES string of the molecule is COc1ccc(C(O)(CCC(C)C)C(CN2CCCCC2)c2ccccc2)cc1.Cl. The number of halogens is 1. The van der Waals surface area contributed by atoms with Gasteiger partial charge in [0.2, 0.25) is 0 Å². The molecule has 30 heavy (non-hydrogen) atoms. The highest BCUT2D eigenvalue weighted by Crippen LogP contribution is 2.42. The summed E-state index contributed by atoms with van der Waals surface area (Å²) in [7, 11) is 1.68. The highest BCUT2D eigenvalue weighted by molar-refractivity contribution is 5.85. The van der Waals surface area contributed by atoms with E-state index in [0.717, 1.165) is 43.8 Å². The lowest BCUT2D eigenvalue weighted by Gasteiger charge is -2.41. The van der Waals surface area contributed by atoms with Gasteiger partial charge in [-0.1, -0.05) is 62.7 Å². The minimum atomic E-state index is -0.907. The van der Waals surface area contributed by atoms with Gasteiger partial charge in [0.25, 0.3) is 0 Å². The van der Waals surface area contributed by atoms with Crippen LogP contribution in [0.4, 0.5) is 0 Å². The molecule has 3 nitrogen and oxygen atoms in total. The molecule has 3 rings (SSSR count). The van der Waals surface area contributed by atoms with Gasteiger partial charge >= 0.3 is 0 Å². The molecule has 1 aliphatic heterocycles. The van der Waals surface area contributed by atoms with Gasteiger partial charge in [-0.2, -0.15) is 0 Å². The molecule has 0 radical (unpaired) electrons. The number of piperidine rings is 1. The predicted octanol–water partition coefficient (Wildman–Crippen LogP) is 6.01. The molecule has 0 aromatic heterocycles. The molecular weight excluding hydrogens is 394 g/mol. The molecule has 2 aromatic carbocycles. The average Bonchev–Trinajstić information content (AvgIpc) is 2.77. The first kappa shape index (κ1) is 24.7. The molecular formula is C26H38ClNO2. The van der Waals surface area contributed by atoms with E-state index >= 15 is 0 Å². The molecule has 2 atom stereocenters. The Morgan fingerprint density at radius 2 is 1.60 bits per heavy atom. The van der Waals surface area contributed by atoms with Crippen LogP contribution in [0.25, 0.3) is 0 Å². The third-order valence-electron chi connectivity index (χ3n) is 6.36. The number of likely N-dealkylation sites (tertiary alicyclic amines) is 1. The third-order valence-corrected chi connectivity index (χ3v) is 6.36. The summed E-state index contributed by atoms with van der Waals surface area (Å²) in [5.41, 5.74) is 1.31. The lowest BCUT2D eigenvalue weighted by molar-refractivity contribution is -0.0187. The Morgan fingerprint density at radius 3 is 2.17 bits per heavy atom. The lowest BCUT2D eigenvalue weighted by atomic mass is 9.73. The molecule has 4 heteroatoms. The second-order valence-corrected chi connectivity index (χ2v) is 8.91. The van der Waals surface area contributed by atoms with E-state index in [9.17, 15) is 5.11 Å². The Hall–Kier alpha value is -1.55. The molecule has 166 valence electrons. The van der Waals surface area contributed by atoms with Crippen molar-refractivity contribution in [3.63, 3.8) is 0 Å². The van der Waals surface area contributed by atoms with Crippen molar-refractivity contribution >= 4 is 12.4 Å². The predicted molar refractivity (Wildman–Crippen MR) is 128 cm³/mol. The van der Waals surface area contributed by atoms with E-state index in [-0.39, 0.29) is 18.3 Å². The molecule has 1 heterocycles. The number of benzene rings is 2. The van der Waals surface area contributed by atoms with Crippen LogP contribution in [0.3, 0.4) is 0 Å². The summed E-state index contributed by atoms with van der Waals surface area (Å²) in [5, 5.41) is 12.3. The second kappa shape index (κ2) is 11.7. The minimum Gasteiger partial charge on any atom is -0.497 e. The zero-order valence-corrected chi connectivity index (χ0v) is 19.5. The largest absolute Gasteiger partial charge is 0.497 e. The van der Waals surface area contributed by atoms with E-state index < -0.39 is 5.60 Å². The first-order valence-corrected chi connectivity index (χ1v) is 11.2. The van der Waals surface area contributed by atoms with Crippen LogP contribution in [0.5, 0.6) is 5.75 Å². The maximum Gasteiger partial charge on any atom is 0.118 e. The number of aliphatic hydroxyl groups is 1. The maximum atomic E-state index is 12.3. The first-order valence-electron chi connectivity index (χ1n) is 11.2. The van der Waals surface area contributed by atoms with Crippen molar-refractivity contribution in [3.05, 3.63) is 65.7 Å². The van der Waals surface area contributed by atoms with Crippen molar-refractivity contribution in [2.75, 3.05) is 26.7 Å². The van der Waals surface area contributed by atoms with E-state index in [1.54, 1.807) is 7.11 Å². The van der Waals surface area contributed by atoms with Crippen LogP contribution in [-0.4, -0.2) is 36.8 Å². The molecule has 0 amide bonds. The number of methoxy groups -OCH3 is 1. The normalized spacial score (nSPS) is 17.8. The number of hydrogen-bond donors (Lipinski definition) is 1. The van der Waals surface area contributed by atoms with Crippen LogP contribution in [0.2, 0.25) is 0 Å². The summed E-state index contributed by atoms with van der Waals surface area (Å²) < 4.78 is 5.36. The molecule has 0 spiro atoms. The van der Waals surface area contributed by atoms with Crippen molar-refractivity contribution in [1.82, 2.24) is 4.90 Å². The molecule has 0 bridgehead atoms. The van der Waals surface area contributed by atoms with Gasteiger partial charge in [0.05, 0.1) is 12.7 Å². The van der Waals surface area contributed by atoms with E-state index in [2.05, 4.69) is 49.1 Å². The van der Waals surface area contributed by atoms with Gasteiger partial charge in [-0.05, 0) is 68.0 Å². The second-order valence-electron chi connectivity index (χ2n) is 8.91. The highest BCUT2D eigenvalue weighted by atomic mass is 35.5. The van der Waals surface area contributed by atoms with Crippen molar-refractivity contribution < 1.29 is 9.84 Å². The van der Waals surface area contributed by atoms with E-state index in [1.165, 1.54) is 24.8 Å². The quantitative estimate of drug-likeness (QED) is 0.527. The Morgan fingerprint density at radius 1 is 0.967 bits per heavy atom. The molecule has 2 aromatic rings. The van der Waals surface area contributed by atoms with Gasteiger partial charge in [0, 0.05) is 12.5 Å². The molecule has 1 saturated heterocycles. The molecule has 1 fully saturated rings. The van der Waals surface area contributed by atoms with Gasteiger partial charge in [0.15, 0.2) is 0 Å². The zero-order chi connectivity index (χ0) is 20.7. The standard InChI is InChI=1S/C26H37NO2.ClH/c1-21(2)16-17-26(28,23-12-14-24(29-3)15-13-23)25(22-10-6-4-7-11-22)20-27-18-8-5-9-19-27;/h4,6-7,10-15,21,25,28H,5,8-9,16-20H2,1-3H3;1H. The zero-order valence-electron chi connectivity index (χ0n) is 18.7. The van der Waals surface area contributed by atoms with Crippen LogP contribution >= 0.6 is 12.4 Å². The van der Waals surface area contributed by atoms with Crippen molar-refractivity contribution in [2.24, 2.45) is 5.92 Å². The van der Waals surface area contributed by atoms with E-state index in [1.807, 2.05) is 24.3 Å². The Balaban J connectivity index is 0.00000320. The number of ether oxygens (including phenoxy) is 1. The fourth-order valence-electron chi connectivity index (χ4n) is 4.53. The minimum absolute atomic E-state index is 0. The summed E-state index contributed by atoms with van der Waals surface area (Å²) in [6, 6.07) is 18.6. The Kier molecular flexibility index (Phi) is 9.67. The molecule has 2 unspecified atom stereocenters. The Bertz CT molecular complexity index is 728. The number of nitrogens with zero attached hydrogens (tertiary/aromatic N) is 1. The van der Waals surface area contributed by atoms with Crippen LogP contribution in [-0.2, 0) is 5.60 Å². The Labute approximate surface area is 188 Å². The van der Waals surface area contributed by atoms with Crippen LogP contribution in [0.1, 0.15) is 63.0 Å². The van der Waals surface area contributed by atoms with Gasteiger partial charge in [-0.15, -0.1) is 12.4 Å². The van der Waals surface area contributed by atoms with E-state index in [0.29, 0.717) is 5.92 Å². The molecule has 0 aliphatic carbocycles. The topological polar surface area (TPSA) is 32.7 Å². The van der Waals surface area contributed by atoms with Crippen molar-refractivity contribution in [3.8, 4) is 5.75 Å². The number of hydrogen-bond acceptors (Lipinski definition) is 3. The van der Waals surface area contributed by atoms with Gasteiger partial charge in [-0.3, -0.25) is 0 Å². The van der Waals surface area contributed by atoms with Crippen molar-refractivity contribution in [1.29, 1.82) is 0 Å². The highest BCUT2D eigenvalue weighted by Gasteiger charge is 2.40. The first-order chi connectivity index (χ1) is 14.0. The molecule has 1 aliphatic rings.